The van der Waals surface area contributed by atoms with Crippen LogP contribution in [0, 0.1) is 0 Å². The van der Waals surface area contributed by atoms with Gasteiger partial charge in [0.25, 0.3) is 0 Å². The Morgan fingerprint density at radius 1 is 1.00 bits per heavy atom. The summed E-state index contributed by atoms with van der Waals surface area (Å²) >= 11 is 0. The molecular weight excluding hydrogens is 174 g/mol. The lowest BCUT2D eigenvalue weighted by molar-refractivity contribution is 0.472. The van der Waals surface area contributed by atoms with Gasteiger partial charge in [-0.25, -0.2) is 0 Å². The predicted molar refractivity (Wildman–Crippen MR) is 57.0 cm³/mol. The second-order valence-electron chi connectivity index (χ2n) is 4.31. The summed E-state index contributed by atoms with van der Waals surface area (Å²) in [5, 5.41) is 9.59. The highest BCUT2D eigenvalue weighted by molar-refractivity contribution is 5.64. The molecule has 0 atom stereocenters. The summed E-state index contributed by atoms with van der Waals surface area (Å²) in [7, 11) is 0. The largest absolute Gasteiger partial charge is 0.508 e. The Morgan fingerprint density at radius 3 is 2.14 bits per heavy atom. The smallest absolute Gasteiger partial charge is 0.116 e. The van der Waals surface area contributed by atoms with Crippen molar-refractivity contribution in [2.75, 3.05) is 18.0 Å². The molecule has 0 saturated carbocycles. The molecule has 0 fully saturated rings. The summed E-state index contributed by atoms with van der Waals surface area (Å²) in [6.45, 7) is 2.40. The molecule has 0 aliphatic carbocycles. The summed E-state index contributed by atoms with van der Waals surface area (Å²) in [6, 6.07) is 3.88. The normalized spacial score (nSPS) is 19.3. The molecule has 0 unspecified atom stereocenters. The van der Waals surface area contributed by atoms with Crippen molar-refractivity contribution in [3.63, 3.8) is 0 Å². The van der Waals surface area contributed by atoms with Gasteiger partial charge in [0.05, 0.1) is 0 Å². The Bertz CT molecular complexity index is 342. The van der Waals surface area contributed by atoms with E-state index in [4.69, 9.17) is 0 Å². The van der Waals surface area contributed by atoms with Gasteiger partial charge in [-0.15, -0.1) is 0 Å². The van der Waals surface area contributed by atoms with Crippen molar-refractivity contribution in [1.29, 1.82) is 0 Å². The number of benzene rings is 1. The van der Waals surface area contributed by atoms with Crippen molar-refractivity contribution in [3.8, 4) is 5.75 Å². The minimum Gasteiger partial charge on any atom is -0.508 e. The molecule has 2 heterocycles. The molecular formula is C12H15NO. The highest BCUT2D eigenvalue weighted by Crippen LogP contribution is 2.37. The first kappa shape index (κ1) is 8.16. The molecule has 0 bridgehead atoms. The predicted octanol–water partition coefficient (Wildman–Crippen LogP) is 2.09. The summed E-state index contributed by atoms with van der Waals surface area (Å²) in [6.07, 6.45) is 4.73. The monoisotopic (exact) mass is 189 g/mol. The maximum atomic E-state index is 9.59. The molecule has 2 aliphatic heterocycles. The first-order valence-corrected chi connectivity index (χ1v) is 5.44. The van der Waals surface area contributed by atoms with E-state index in [0.29, 0.717) is 5.75 Å². The standard InChI is InChI=1S/C12H15NO/c14-11-7-9-3-1-5-13-6-2-4-10(8-11)12(9)13/h7-8,14H,1-6H2. The third kappa shape index (κ3) is 1.10. The number of anilines is 1. The third-order valence-corrected chi connectivity index (χ3v) is 3.32. The van der Waals surface area contributed by atoms with Gasteiger partial charge in [-0.1, -0.05) is 0 Å². The molecule has 1 aromatic carbocycles. The Balaban J connectivity index is 2.20. The zero-order valence-corrected chi connectivity index (χ0v) is 8.29. The van der Waals surface area contributed by atoms with E-state index in [1.54, 1.807) is 0 Å². The summed E-state index contributed by atoms with van der Waals surface area (Å²) in [5.41, 5.74) is 4.14. The van der Waals surface area contributed by atoms with Crippen molar-refractivity contribution in [1.82, 2.24) is 0 Å². The Morgan fingerprint density at radius 2 is 1.57 bits per heavy atom. The summed E-state index contributed by atoms with van der Waals surface area (Å²) in [4.78, 5) is 2.48. The minimum atomic E-state index is 0.447. The van der Waals surface area contributed by atoms with Crippen LogP contribution in [0.25, 0.3) is 0 Å². The minimum absolute atomic E-state index is 0.447. The van der Waals surface area contributed by atoms with Crippen LogP contribution in [0.1, 0.15) is 24.0 Å². The second-order valence-corrected chi connectivity index (χ2v) is 4.31. The molecule has 0 spiro atoms. The Labute approximate surface area is 84.2 Å². The van der Waals surface area contributed by atoms with Gasteiger partial charge in [-0.3, -0.25) is 0 Å². The van der Waals surface area contributed by atoms with Crippen molar-refractivity contribution >= 4 is 5.69 Å². The average molecular weight is 189 g/mol. The zero-order chi connectivity index (χ0) is 9.54. The number of rotatable bonds is 0. The fourth-order valence-corrected chi connectivity index (χ4v) is 2.79. The van der Waals surface area contributed by atoms with Gasteiger partial charge in [-0.05, 0) is 48.9 Å². The quantitative estimate of drug-likeness (QED) is 0.675. The van der Waals surface area contributed by atoms with E-state index in [1.165, 1.54) is 42.7 Å². The molecule has 1 N–H and O–H groups in total. The van der Waals surface area contributed by atoms with E-state index in [-0.39, 0.29) is 0 Å². The van der Waals surface area contributed by atoms with Crippen molar-refractivity contribution in [2.45, 2.75) is 25.7 Å². The molecule has 14 heavy (non-hydrogen) atoms. The number of aryl methyl sites for hydroxylation is 2. The average Bonchev–Trinajstić information content (AvgIpc) is 2.18. The van der Waals surface area contributed by atoms with Gasteiger partial charge in [0, 0.05) is 18.8 Å². The number of phenols is 1. The maximum Gasteiger partial charge on any atom is 0.116 e. The van der Waals surface area contributed by atoms with E-state index in [1.807, 2.05) is 12.1 Å². The molecule has 74 valence electrons. The topological polar surface area (TPSA) is 23.5 Å². The van der Waals surface area contributed by atoms with Gasteiger partial charge >= 0.3 is 0 Å². The van der Waals surface area contributed by atoms with Crippen LogP contribution in [0.4, 0.5) is 5.69 Å². The number of hydrogen-bond donors (Lipinski definition) is 1. The SMILES string of the molecule is Oc1cc2c3c(c1)CCCN3CCC2. The van der Waals surface area contributed by atoms with Crippen LogP contribution in [-0.4, -0.2) is 18.2 Å². The highest BCUT2D eigenvalue weighted by Gasteiger charge is 2.23. The van der Waals surface area contributed by atoms with Gasteiger partial charge in [0.1, 0.15) is 5.75 Å². The van der Waals surface area contributed by atoms with Crippen LogP contribution in [0.3, 0.4) is 0 Å². The lowest BCUT2D eigenvalue weighted by Crippen LogP contribution is -2.34. The van der Waals surface area contributed by atoms with E-state index in [2.05, 4.69) is 4.90 Å². The fraction of sp³-hybridized carbons (Fsp3) is 0.500. The van der Waals surface area contributed by atoms with E-state index < -0.39 is 0 Å². The molecule has 3 rings (SSSR count). The summed E-state index contributed by atoms with van der Waals surface area (Å²) in [5.74, 6) is 0.447. The third-order valence-electron chi connectivity index (χ3n) is 3.32. The maximum absolute atomic E-state index is 9.59. The fourth-order valence-electron chi connectivity index (χ4n) is 2.79. The van der Waals surface area contributed by atoms with Crippen LogP contribution in [-0.2, 0) is 12.8 Å². The van der Waals surface area contributed by atoms with Crippen molar-refractivity contribution in [2.24, 2.45) is 0 Å². The molecule has 2 heteroatoms. The number of hydrogen-bond acceptors (Lipinski definition) is 2. The highest BCUT2D eigenvalue weighted by atomic mass is 16.3. The van der Waals surface area contributed by atoms with Crippen LogP contribution in [0.15, 0.2) is 12.1 Å². The number of phenolic OH excluding ortho intramolecular Hbond substituents is 1. The van der Waals surface area contributed by atoms with Crippen molar-refractivity contribution < 1.29 is 5.11 Å². The molecule has 2 nitrogen and oxygen atoms in total. The van der Waals surface area contributed by atoms with Crippen LogP contribution >= 0.6 is 0 Å². The number of aromatic hydroxyl groups is 1. The molecule has 2 aliphatic rings. The lowest BCUT2D eigenvalue weighted by atomic mass is 9.92. The van der Waals surface area contributed by atoms with Gasteiger partial charge < -0.3 is 10.0 Å². The molecule has 0 saturated heterocycles. The van der Waals surface area contributed by atoms with Crippen molar-refractivity contribution in [3.05, 3.63) is 23.3 Å². The summed E-state index contributed by atoms with van der Waals surface area (Å²) < 4.78 is 0. The Kier molecular flexibility index (Phi) is 1.69. The molecule has 0 amide bonds. The van der Waals surface area contributed by atoms with E-state index in [9.17, 15) is 5.11 Å². The van der Waals surface area contributed by atoms with E-state index in [0.717, 1.165) is 12.8 Å². The second kappa shape index (κ2) is 2.91. The van der Waals surface area contributed by atoms with Gasteiger partial charge in [-0.2, -0.15) is 0 Å². The number of nitrogens with zero attached hydrogens (tertiary/aromatic N) is 1. The molecule has 0 radical (unpaired) electrons. The molecule has 0 aromatic heterocycles. The van der Waals surface area contributed by atoms with Crippen LogP contribution < -0.4 is 4.90 Å². The van der Waals surface area contributed by atoms with Gasteiger partial charge in [0.15, 0.2) is 0 Å². The van der Waals surface area contributed by atoms with Gasteiger partial charge in [0.2, 0.25) is 0 Å². The van der Waals surface area contributed by atoms with E-state index >= 15 is 0 Å². The van der Waals surface area contributed by atoms with Crippen LogP contribution in [0.2, 0.25) is 0 Å². The van der Waals surface area contributed by atoms with Crippen LogP contribution in [0.5, 0.6) is 5.75 Å². The molecule has 1 aromatic rings. The zero-order valence-electron chi connectivity index (χ0n) is 8.29. The lowest BCUT2D eigenvalue weighted by Gasteiger charge is -2.36. The first-order chi connectivity index (χ1) is 6.84. The first-order valence-electron chi connectivity index (χ1n) is 5.44. The Hall–Kier alpha value is -1.18.